The van der Waals surface area contributed by atoms with Crippen LogP contribution in [0.1, 0.15) is 30.0 Å². The topological polar surface area (TPSA) is 66.0 Å². The normalized spacial score (nSPS) is 15.0. The number of nitrogen functional groups attached to an aromatic ring is 1. The van der Waals surface area contributed by atoms with Gasteiger partial charge in [0.25, 0.3) is 0 Å². The molecule has 1 aliphatic carbocycles. The molecule has 2 aromatic heterocycles. The minimum Gasteiger partial charge on any atom is -0.497 e. The van der Waals surface area contributed by atoms with Crippen molar-refractivity contribution >= 4 is 16.5 Å². The molecule has 0 unspecified atom stereocenters. The molecule has 0 saturated heterocycles. The second-order valence-electron chi connectivity index (χ2n) is 6.80. The van der Waals surface area contributed by atoms with Crippen LogP contribution in [0.5, 0.6) is 5.75 Å². The van der Waals surface area contributed by atoms with Gasteiger partial charge < -0.3 is 10.5 Å². The lowest BCUT2D eigenvalue weighted by Gasteiger charge is -2.29. The summed E-state index contributed by atoms with van der Waals surface area (Å²) in [6, 6.07) is 8.11. The molecular formula is C18H20N4OS. The second kappa shape index (κ2) is 5.34. The van der Waals surface area contributed by atoms with E-state index < -0.39 is 0 Å². The van der Waals surface area contributed by atoms with Crippen LogP contribution in [0, 0.1) is 0 Å². The lowest BCUT2D eigenvalue weighted by molar-refractivity contribution is 0.414. The van der Waals surface area contributed by atoms with Crippen LogP contribution < -0.4 is 10.5 Å². The predicted molar refractivity (Wildman–Crippen MR) is 96.6 cm³/mol. The summed E-state index contributed by atoms with van der Waals surface area (Å²) in [6.45, 7) is 5.23. The Morgan fingerprint density at radius 2 is 2.04 bits per heavy atom. The van der Waals surface area contributed by atoms with E-state index >= 15 is 0 Å². The van der Waals surface area contributed by atoms with Crippen molar-refractivity contribution in [3.8, 4) is 17.0 Å². The number of fused-ring (bicyclic) bond motifs is 3. The van der Waals surface area contributed by atoms with Crippen molar-refractivity contribution in [2.45, 2.75) is 32.2 Å². The maximum atomic E-state index is 5.96. The lowest BCUT2D eigenvalue weighted by Crippen LogP contribution is -2.26. The van der Waals surface area contributed by atoms with E-state index in [1.54, 1.807) is 18.4 Å². The molecule has 5 nitrogen and oxygen atoms in total. The zero-order valence-electron chi connectivity index (χ0n) is 14.0. The van der Waals surface area contributed by atoms with E-state index in [0.717, 1.165) is 30.0 Å². The predicted octanol–water partition coefficient (Wildman–Crippen LogP) is 3.48. The maximum Gasteiger partial charge on any atom is 0.180 e. The molecule has 3 aromatic rings. The van der Waals surface area contributed by atoms with E-state index in [4.69, 9.17) is 10.5 Å². The molecule has 4 rings (SSSR count). The van der Waals surface area contributed by atoms with Gasteiger partial charge in [-0.1, -0.05) is 26.0 Å². The van der Waals surface area contributed by atoms with E-state index in [2.05, 4.69) is 40.7 Å². The number of nitrogens with zero attached hydrogens (tertiary/aromatic N) is 3. The van der Waals surface area contributed by atoms with Crippen molar-refractivity contribution in [2.24, 2.45) is 0 Å². The van der Waals surface area contributed by atoms with Crippen LogP contribution in [0.15, 0.2) is 30.5 Å². The first-order valence-corrected chi connectivity index (χ1v) is 8.74. The first kappa shape index (κ1) is 15.2. The van der Waals surface area contributed by atoms with Gasteiger partial charge in [0.2, 0.25) is 0 Å². The molecule has 1 aromatic carbocycles. The minimum atomic E-state index is 0.0231. The summed E-state index contributed by atoms with van der Waals surface area (Å²) < 4.78 is 7.30. The average Bonchev–Trinajstić information content (AvgIpc) is 3.12. The van der Waals surface area contributed by atoms with Crippen molar-refractivity contribution in [2.75, 3.05) is 12.8 Å². The van der Waals surface area contributed by atoms with E-state index in [9.17, 15) is 0 Å². The molecule has 1 aliphatic rings. The van der Waals surface area contributed by atoms with Gasteiger partial charge in [-0.2, -0.15) is 5.10 Å². The highest BCUT2D eigenvalue weighted by molar-refractivity contribution is 7.16. The number of thiazole rings is 1. The largest absolute Gasteiger partial charge is 0.497 e. The number of nitrogens with two attached hydrogens (primary N) is 1. The van der Waals surface area contributed by atoms with Gasteiger partial charge in [-0.25, -0.2) is 4.98 Å². The molecule has 0 bridgehead atoms. The van der Waals surface area contributed by atoms with Crippen LogP contribution >= 0.6 is 11.3 Å². The summed E-state index contributed by atoms with van der Waals surface area (Å²) in [5.74, 6) is 0.866. The highest BCUT2D eigenvalue weighted by atomic mass is 32.1. The molecule has 0 spiro atoms. The summed E-state index contributed by atoms with van der Waals surface area (Å²) >= 11 is 1.59. The summed E-state index contributed by atoms with van der Waals surface area (Å²) in [5, 5.41) is 5.25. The highest BCUT2D eigenvalue weighted by Gasteiger charge is 2.36. The van der Waals surface area contributed by atoms with Gasteiger partial charge >= 0.3 is 0 Å². The maximum absolute atomic E-state index is 5.96. The Kier molecular flexibility index (Phi) is 3.38. The Bertz CT molecular complexity index is 892. The molecule has 6 heteroatoms. The Morgan fingerprint density at radius 3 is 2.75 bits per heavy atom. The fourth-order valence-electron chi connectivity index (χ4n) is 3.31. The SMILES string of the molecule is COc1ccc(Cn2ncc3c2CC(C)(C)c2sc(N)nc2-3)cc1. The van der Waals surface area contributed by atoms with Gasteiger partial charge in [-0.05, 0) is 17.7 Å². The van der Waals surface area contributed by atoms with E-state index in [0.29, 0.717) is 5.13 Å². The molecule has 2 heterocycles. The summed E-state index contributed by atoms with van der Waals surface area (Å²) in [6.07, 6.45) is 2.86. The van der Waals surface area contributed by atoms with Crippen LogP contribution in [-0.4, -0.2) is 21.9 Å². The Labute approximate surface area is 145 Å². The van der Waals surface area contributed by atoms with Gasteiger partial charge in [0.1, 0.15) is 5.75 Å². The highest BCUT2D eigenvalue weighted by Crippen LogP contribution is 2.46. The zero-order valence-corrected chi connectivity index (χ0v) is 14.9. The molecular weight excluding hydrogens is 320 g/mol. The minimum absolute atomic E-state index is 0.0231. The second-order valence-corrected chi connectivity index (χ2v) is 7.83. The summed E-state index contributed by atoms with van der Waals surface area (Å²) in [7, 11) is 1.68. The third-order valence-electron chi connectivity index (χ3n) is 4.56. The lowest BCUT2D eigenvalue weighted by atomic mass is 9.79. The Hall–Kier alpha value is -2.34. The van der Waals surface area contributed by atoms with E-state index in [-0.39, 0.29) is 5.41 Å². The fraction of sp³-hybridized carbons (Fsp3) is 0.333. The van der Waals surface area contributed by atoms with Crippen LogP contribution in [0.4, 0.5) is 5.13 Å². The molecule has 0 radical (unpaired) electrons. The van der Waals surface area contributed by atoms with Crippen molar-refractivity contribution in [3.63, 3.8) is 0 Å². The molecule has 0 atom stereocenters. The third kappa shape index (κ3) is 2.38. The van der Waals surface area contributed by atoms with Crippen molar-refractivity contribution in [1.29, 1.82) is 0 Å². The number of hydrogen-bond donors (Lipinski definition) is 1. The molecule has 0 amide bonds. The first-order chi connectivity index (χ1) is 11.5. The number of anilines is 1. The van der Waals surface area contributed by atoms with Gasteiger partial charge in [0.15, 0.2) is 5.13 Å². The first-order valence-electron chi connectivity index (χ1n) is 7.93. The smallest absolute Gasteiger partial charge is 0.180 e. The van der Waals surface area contributed by atoms with E-state index in [1.165, 1.54) is 16.1 Å². The monoisotopic (exact) mass is 340 g/mol. The van der Waals surface area contributed by atoms with Crippen molar-refractivity contribution < 1.29 is 4.74 Å². The number of methoxy groups -OCH3 is 1. The number of hydrogen-bond acceptors (Lipinski definition) is 5. The van der Waals surface area contributed by atoms with Gasteiger partial charge in [-0.15, -0.1) is 11.3 Å². The molecule has 24 heavy (non-hydrogen) atoms. The number of rotatable bonds is 3. The molecule has 124 valence electrons. The molecule has 0 fully saturated rings. The summed E-state index contributed by atoms with van der Waals surface area (Å²) in [4.78, 5) is 5.82. The molecule has 0 aliphatic heterocycles. The van der Waals surface area contributed by atoms with E-state index in [1.807, 2.05) is 18.3 Å². The Morgan fingerprint density at radius 1 is 1.29 bits per heavy atom. The quantitative estimate of drug-likeness (QED) is 0.793. The van der Waals surface area contributed by atoms with Crippen LogP contribution in [0.2, 0.25) is 0 Å². The summed E-state index contributed by atoms with van der Waals surface area (Å²) in [5.41, 5.74) is 10.5. The van der Waals surface area contributed by atoms with Crippen LogP contribution in [-0.2, 0) is 18.4 Å². The third-order valence-corrected chi connectivity index (χ3v) is 5.81. The van der Waals surface area contributed by atoms with Gasteiger partial charge in [0, 0.05) is 28.0 Å². The van der Waals surface area contributed by atoms with Crippen LogP contribution in [0.3, 0.4) is 0 Å². The van der Waals surface area contributed by atoms with Crippen molar-refractivity contribution in [1.82, 2.24) is 14.8 Å². The van der Waals surface area contributed by atoms with Gasteiger partial charge in [-0.3, -0.25) is 4.68 Å². The van der Waals surface area contributed by atoms with Crippen molar-refractivity contribution in [3.05, 3.63) is 46.6 Å². The fourth-order valence-corrected chi connectivity index (χ4v) is 4.26. The zero-order chi connectivity index (χ0) is 16.9. The standard InChI is InChI=1S/C18H20N4OS/c1-18(2)8-14-13(15-16(18)24-17(19)21-15)9-20-22(14)10-11-4-6-12(23-3)7-5-11/h4-7,9H,8,10H2,1-3H3,(H2,19,21). The van der Waals surface area contributed by atoms with Gasteiger partial charge in [0.05, 0.1) is 25.5 Å². The van der Waals surface area contributed by atoms with Crippen LogP contribution in [0.25, 0.3) is 11.3 Å². The average molecular weight is 340 g/mol. The molecule has 0 saturated carbocycles. The Balaban J connectivity index is 1.73. The number of aromatic nitrogens is 3. The number of ether oxygens (including phenoxy) is 1. The number of benzene rings is 1. The molecule has 2 N–H and O–H groups in total.